The number of halogens is 2. The average Bonchev–Trinajstić information content (AvgIpc) is 1.36. The lowest BCUT2D eigenvalue weighted by atomic mass is 10.1. The quantitative estimate of drug-likeness (QED) is 0.00555. The van der Waals surface area contributed by atoms with Crippen molar-refractivity contribution in [3.8, 4) is 0 Å². The molecule has 4 aliphatic rings. The van der Waals surface area contributed by atoms with Crippen LogP contribution in [0.4, 0.5) is 17.5 Å². The molecule has 45 nitrogen and oxygen atoms in total. The molecule has 1 unspecified atom stereocenters. The second-order valence-corrected chi connectivity index (χ2v) is 44.4. The Kier molecular flexibility index (Phi) is 51.7. The fraction of sp³-hybridized carbons (Fsp3) is 0.645. The number of nitrogens with one attached hydrogen (secondary N) is 4. The number of nitrogen functional groups attached to an aromatic ring is 3. The summed E-state index contributed by atoms with van der Waals surface area (Å²) < 4.78 is 117. The molecule has 8 aromatic rings. The molecule has 6 aromatic heterocycles. The highest BCUT2D eigenvalue weighted by molar-refractivity contribution is 7.60. The number of hydrogen-bond donors (Lipinski definition) is 11. The molecule has 0 amide bonds. The first-order valence-electron chi connectivity index (χ1n) is 47.7. The Morgan fingerprint density at radius 2 is 0.748 bits per heavy atom. The van der Waals surface area contributed by atoms with Crippen molar-refractivity contribution >= 4 is 132 Å². The van der Waals surface area contributed by atoms with Crippen LogP contribution in [-0.4, -0.2) is 265 Å². The van der Waals surface area contributed by atoms with E-state index in [0.717, 1.165) is 62.5 Å². The molecule has 143 heavy (non-hydrogen) atoms. The number of rotatable bonds is 47. The number of carbonyl (C=O) groups excluding carboxylic acids is 6. The van der Waals surface area contributed by atoms with E-state index in [-0.39, 0.29) is 91.8 Å². The van der Waals surface area contributed by atoms with Crippen molar-refractivity contribution in [1.29, 1.82) is 0 Å². The van der Waals surface area contributed by atoms with Crippen molar-refractivity contribution < 1.29 is 114 Å². The van der Waals surface area contributed by atoms with Gasteiger partial charge < -0.3 is 115 Å². The highest BCUT2D eigenvalue weighted by atomic mass is 35.5. The molecule has 0 spiro atoms. The number of aromatic nitrogens is 12. The number of benzene rings is 2. The van der Waals surface area contributed by atoms with E-state index in [1.165, 1.54) is 38.2 Å². The van der Waals surface area contributed by atoms with Crippen LogP contribution in [0.25, 0.3) is 33.5 Å². The number of imidazole rings is 3. The molecule has 50 heteroatoms. The Morgan fingerprint density at radius 3 is 1.08 bits per heavy atom. The fourth-order valence-corrected chi connectivity index (χ4v) is 20.3. The van der Waals surface area contributed by atoms with Crippen LogP contribution in [0.1, 0.15) is 204 Å². The minimum absolute atomic E-state index is 0. The SMILES string of the molecule is CC(C)(Cl)C(=O)OC1CCOCC1.CCCCCCOC(=O)[C@@H](Cl)Cc1ccccc1.CCCCCCOC(=O)[C@H](Cc1ccccc1)NP(=O)(CO[C@H](C)Cn1cnc2c(N)ncnc21)NC(C)(C)C(=O)OC1CCOCC1.C[C@H](Cn1cnc2c(N)ncnc21)OCP(=O)(NC(C)(C)C(=O)OC1CCOCC1)NC(C)(C)C(=O)OC1CCOCC1.C[C@H](Cn1cnc2c(N)ncnc21)OCP(=O)(O)O.N.N. The van der Waals surface area contributed by atoms with Crippen LogP contribution in [0.3, 0.4) is 0 Å². The molecule has 800 valence electrons. The van der Waals surface area contributed by atoms with E-state index in [0.29, 0.717) is 158 Å². The lowest BCUT2D eigenvalue weighted by molar-refractivity contribution is -0.160. The molecule has 2 aromatic carbocycles. The minimum Gasteiger partial charge on any atom is -0.465 e. The first-order chi connectivity index (χ1) is 66.9. The number of ether oxygens (including phenoxy) is 13. The van der Waals surface area contributed by atoms with Crippen LogP contribution in [0.2, 0.25) is 0 Å². The van der Waals surface area contributed by atoms with Crippen molar-refractivity contribution in [2.45, 2.75) is 301 Å². The van der Waals surface area contributed by atoms with Gasteiger partial charge in [0, 0.05) is 51.4 Å². The van der Waals surface area contributed by atoms with Gasteiger partial charge in [0.2, 0.25) is 14.9 Å². The second kappa shape index (κ2) is 60.3. The van der Waals surface area contributed by atoms with Crippen LogP contribution in [0.15, 0.2) is 98.6 Å². The van der Waals surface area contributed by atoms with Gasteiger partial charge >= 0.3 is 43.4 Å². The van der Waals surface area contributed by atoms with Crippen molar-refractivity contribution in [3.05, 3.63) is 110 Å². The number of carbonyl (C=O) groups is 6. The molecule has 4 saturated heterocycles. The summed E-state index contributed by atoms with van der Waals surface area (Å²) in [5, 5.41) is 11.4. The molecule has 10 heterocycles. The van der Waals surface area contributed by atoms with Gasteiger partial charge in [0.15, 0.2) is 34.4 Å². The zero-order chi connectivity index (χ0) is 103. The second-order valence-electron chi connectivity index (χ2n) is 37.0. The number of nitrogens with two attached hydrogens (primary N) is 3. The highest BCUT2D eigenvalue weighted by Gasteiger charge is 2.46. The van der Waals surface area contributed by atoms with Gasteiger partial charge in [-0.3, -0.25) is 42.5 Å². The number of unbranched alkanes of at least 4 members (excludes halogenated alkanes) is 6. The molecule has 4 fully saturated rings. The average molecular weight is 2110 g/mol. The number of fused-ring (bicyclic) bond motifs is 3. The first kappa shape index (κ1) is 123. The van der Waals surface area contributed by atoms with Crippen molar-refractivity contribution in [3.63, 3.8) is 0 Å². The summed E-state index contributed by atoms with van der Waals surface area (Å²) >= 11 is 11.8. The molecule has 18 N–H and O–H groups in total. The molecule has 6 atom stereocenters. The van der Waals surface area contributed by atoms with Gasteiger partial charge in [-0.2, -0.15) is 0 Å². The Labute approximate surface area is 845 Å². The highest BCUT2D eigenvalue weighted by Crippen LogP contribution is 2.44. The van der Waals surface area contributed by atoms with E-state index in [9.17, 15) is 42.5 Å². The van der Waals surface area contributed by atoms with Gasteiger partial charge in [-0.05, 0) is 113 Å². The van der Waals surface area contributed by atoms with Crippen molar-refractivity contribution in [2.75, 3.05) is 102 Å². The third-order valence-corrected chi connectivity index (χ3v) is 27.8. The summed E-state index contributed by atoms with van der Waals surface area (Å²) in [4.78, 5) is 130. The Balaban J connectivity index is 0.000000296. The maximum Gasteiger partial charge on any atom is 0.350 e. The predicted octanol–water partition coefficient (Wildman–Crippen LogP) is 12.5. The molecule has 4 aliphatic heterocycles. The fourth-order valence-electron chi connectivity index (χ4n) is 14.6. The lowest BCUT2D eigenvalue weighted by Gasteiger charge is -2.37. The van der Waals surface area contributed by atoms with Gasteiger partial charge in [-0.1, -0.05) is 113 Å². The van der Waals surface area contributed by atoms with Crippen LogP contribution in [0.5, 0.6) is 0 Å². The first-order valence-corrected chi connectivity index (χ1v) is 54.1. The van der Waals surface area contributed by atoms with Gasteiger partial charge in [0.1, 0.15) is 112 Å². The van der Waals surface area contributed by atoms with Crippen molar-refractivity contribution in [2.24, 2.45) is 0 Å². The molecule has 0 saturated carbocycles. The number of hydrogen-bond acceptors (Lipinski definition) is 36. The van der Waals surface area contributed by atoms with Gasteiger partial charge in [-0.25, -0.2) is 65.2 Å². The standard InChI is InChI=1S/C33H50N7O7P.C27H44N7O8P.C15H21ClO2.C9H15ClO3.C9H14N5O4P.2H3N/c1-5-6-7-11-16-45-31(41)27(19-25-12-9-8-10-13-25)38-48(43,39-33(3,4)32(42)47-26-14-17-44-18-15-26)23-46-24(2)20-40-22-37-28-29(34)35-21-36-30(28)40;1-18(14-34-16-31-21-22(28)29-15-30-23(21)34)40-17-43(37,32-26(2,3)24(35)41-19-6-10-38-11-7-19)33-27(4,5)25(36)42-20-8-12-39-13-9-20;1-2-3-4-8-11-18-15(17)14(16)12-13-9-6-5-7-10-13;1-9(2,10)8(11)13-7-3-5-12-6-4-7;1-6(18-5-19(15,16)17)2-14-4-13-7-8(10)11-3-12-9(7)14;;/h8-10,12-13,21-22,24,26-27H,5-7,11,14-20,23H2,1-4H3,(H2,34,35,36)(H2,38,39,43);15-16,18-20H,6-14,17H2,1-5H3,(H2,28,29,30)(H2,32,33,37);5-7,9-10,14H,2-4,8,11-12H2,1H3;7H,3-6H2,1-2H3;3-4,6H,2,5H2,1H3,(H2,10,11,12)(H2,15,16,17);2*1H3/t24-,27+,48?;18-;14-;;6-;;/m110.1../s1. The number of esters is 6. The molecule has 0 bridgehead atoms. The summed E-state index contributed by atoms with van der Waals surface area (Å²) in [7, 11) is -11.8. The Hall–Kier alpha value is -9.02. The van der Waals surface area contributed by atoms with Crippen molar-refractivity contribution in [1.82, 2.24) is 91.2 Å². The summed E-state index contributed by atoms with van der Waals surface area (Å²) in [6.45, 7) is 28.5. The topological polar surface area (TPSA) is 641 Å². The third kappa shape index (κ3) is 42.8. The van der Waals surface area contributed by atoms with E-state index >= 15 is 0 Å². The molecular weight excluding hydrogens is 1960 g/mol. The number of anilines is 3. The summed E-state index contributed by atoms with van der Waals surface area (Å²) in [6.07, 6.45) is 19.2. The Morgan fingerprint density at radius 1 is 0.441 bits per heavy atom. The summed E-state index contributed by atoms with van der Waals surface area (Å²) in [5.41, 5.74) is 18.3. The van der Waals surface area contributed by atoms with Gasteiger partial charge in [0.05, 0.1) is 123 Å². The number of nitrogens with zero attached hydrogens (tertiary/aromatic N) is 12. The molecule has 0 radical (unpaired) electrons. The zero-order valence-electron chi connectivity index (χ0n) is 84.5. The molecule has 0 aliphatic carbocycles. The smallest absolute Gasteiger partial charge is 0.350 e. The molecular formula is C93H150Cl2N21O24P3. The van der Waals surface area contributed by atoms with E-state index in [2.05, 4.69) is 79.1 Å². The zero-order valence-corrected chi connectivity index (χ0v) is 88.7. The van der Waals surface area contributed by atoms with Crippen LogP contribution < -0.4 is 49.9 Å². The predicted molar refractivity (Wildman–Crippen MR) is 541 cm³/mol. The summed E-state index contributed by atoms with van der Waals surface area (Å²) in [6, 6.07) is 18.2. The van der Waals surface area contributed by atoms with Crippen LogP contribution in [-0.2, 0) is 137 Å². The van der Waals surface area contributed by atoms with Gasteiger partial charge in [0.25, 0.3) is 0 Å². The third-order valence-electron chi connectivity index (χ3n) is 22.4. The van der Waals surface area contributed by atoms with E-state index < -0.39 is 104 Å². The maximum absolute atomic E-state index is 14.9. The van der Waals surface area contributed by atoms with Crippen LogP contribution >= 0.6 is 45.7 Å². The van der Waals surface area contributed by atoms with Crippen LogP contribution in [0, 0.1) is 0 Å². The lowest BCUT2D eigenvalue weighted by Crippen LogP contribution is -2.55. The van der Waals surface area contributed by atoms with E-state index in [4.69, 9.17) is 112 Å². The number of alkyl halides is 2. The molecule has 12 rings (SSSR count). The minimum atomic E-state index is -4.16. The van der Waals surface area contributed by atoms with Gasteiger partial charge in [-0.15, -0.1) is 23.2 Å². The van der Waals surface area contributed by atoms with E-state index in [1.54, 1.807) is 95.6 Å². The Bertz CT molecular complexity index is 5280. The summed E-state index contributed by atoms with van der Waals surface area (Å²) in [5.74, 6) is -2.08. The largest absolute Gasteiger partial charge is 0.465 e. The monoisotopic (exact) mass is 2110 g/mol. The van der Waals surface area contributed by atoms with E-state index in [1.807, 2.05) is 67.6 Å². The maximum atomic E-state index is 14.9. The normalized spacial score (nSPS) is 16.3.